The number of phenols is 3. The van der Waals surface area contributed by atoms with E-state index < -0.39 is 17.5 Å². The van der Waals surface area contributed by atoms with Crippen LogP contribution < -0.4 is 19.6 Å². The maximum absolute atomic E-state index is 12.7. The number of ether oxygens (including phenoxy) is 4. The van der Waals surface area contributed by atoms with Crippen LogP contribution in [0.1, 0.15) is 17.2 Å². The van der Waals surface area contributed by atoms with E-state index in [9.17, 15) is 25.2 Å². The number of phenolic OH excluding ortho intramolecular Hbond substituents is 3. The van der Waals surface area contributed by atoms with E-state index in [-0.39, 0.29) is 52.8 Å². The molecule has 3 aromatic carbocycles. The molecule has 206 valence electrons. The molecule has 4 rings (SSSR count). The third-order valence-electron chi connectivity index (χ3n) is 6.60. The molecule has 0 saturated carbocycles. The maximum atomic E-state index is 12.7. The summed E-state index contributed by atoms with van der Waals surface area (Å²) in [7, 11) is 5.95. The molecule has 0 bridgehead atoms. The van der Waals surface area contributed by atoms with Gasteiger partial charge in [0.25, 0.3) is 0 Å². The lowest BCUT2D eigenvalue weighted by atomic mass is 9.88. The summed E-state index contributed by atoms with van der Waals surface area (Å²) in [5.41, 5.74) is 1.34. The fourth-order valence-electron chi connectivity index (χ4n) is 4.73. The van der Waals surface area contributed by atoms with E-state index in [1.807, 2.05) is 0 Å². The number of methoxy groups -OCH3 is 4. The Balaban J connectivity index is 1.76. The molecule has 0 amide bonds. The van der Waals surface area contributed by atoms with E-state index >= 15 is 0 Å². The zero-order chi connectivity index (χ0) is 28.3. The highest BCUT2D eigenvalue weighted by Gasteiger charge is 2.27. The summed E-state index contributed by atoms with van der Waals surface area (Å²) in [5.74, 6) is 0.202. The first kappa shape index (κ1) is 27.6. The lowest BCUT2D eigenvalue weighted by molar-refractivity contribution is 0.0244. The quantitative estimate of drug-likeness (QED) is 0.232. The largest absolute Gasteiger partial charge is 0.508 e. The standard InChI is InChI=1S/C29H30O10/c1-35-24-9-16(23-13-22(34)28-21(33)11-18(31)12-27(28)39-23)10-25(36-2)19(24)7-17(14-30)29(38-4)15-5-6-20(32)26(8-15)37-3/h5-6,8-13,17,29-33H,7,14H2,1-4H3/t17-,29?/m1/s1. The summed E-state index contributed by atoms with van der Waals surface area (Å²) in [4.78, 5) is 12.7. The maximum Gasteiger partial charge on any atom is 0.197 e. The van der Waals surface area contributed by atoms with Gasteiger partial charge in [0, 0.05) is 49.0 Å². The van der Waals surface area contributed by atoms with Crippen molar-refractivity contribution < 1.29 is 43.8 Å². The second kappa shape index (κ2) is 11.5. The Morgan fingerprint density at radius 3 is 2.08 bits per heavy atom. The van der Waals surface area contributed by atoms with Crippen LogP contribution in [-0.2, 0) is 11.2 Å². The van der Waals surface area contributed by atoms with Crippen LogP contribution in [0.5, 0.6) is 34.5 Å². The molecule has 0 aliphatic rings. The van der Waals surface area contributed by atoms with Crippen molar-refractivity contribution in [3.05, 3.63) is 69.9 Å². The molecule has 4 aromatic rings. The van der Waals surface area contributed by atoms with Crippen LogP contribution in [0.15, 0.2) is 57.7 Å². The molecule has 0 fully saturated rings. The van der Waals surface area contributed by atoms with E-state index in [1.54, 1.807) is 24.3 Å². The van der Waals surface area contributed by atoms with E-state index in [1.165, 1.54) is 46.6 Å². The normalized spacial score (nSPS) is 12.7. The van der Waals surface area contributed by atoms with Crippen molar-refractivity contribution in [2.24, 2.45) is 5.92 Å². The van der Waals surface area contributed by atoms with Crippen LogP contribution >= 0.6 is 0 Å². The molecule has 1 aromatic heterocycles. The van der Waals surface area contributed by atoms with Gasteiger partial charge in [-0.05, 0) is 36.2 Å². The van der Waals surface area contributed by atoms with Gasteiger partial charge in [-0.2, -0.15) is 0 Å². The van der Waals surface area contributed by atoms with Crippen molar-refractivity contribution in [3.63, 3.8) is 0 Å². The van der Waals surface area contributed by atoms with Crippen LogP contribution in [0, 0.1) is 5.92 Å². The molecule has 1 unspecified atom stereocenters. The zero-order valence-corrected chi connectivity index (χ0v) is 21.9. The van der Waals surface area contributed by atoms with Gasteiger partial charge < -0.3 is 43.8 Å². The smallest absolute Gasteiger partial charge is 0.197 e. The van der Waals surface area contributed by atoms with Crippen molar-refractivity contribution in [1.82, 2.24) is 0 Å². The third kappa shape index (κ3) is 5.43. The molecule has 1 heterocycles. The molecule has 4 N–H and O–H groups in total. The zero-order valence-electron chi connectivity index (χ0n) is 21.9. The van der Waals surface area contributed by atoms with Crippen LogP contribution in [0.2, 0.25) is 0 Å². The first-order valence-electron chi connectivity index (χ1n) is 12.0. The van der Waals surface area contributed by atoms with E-state index in [2.05, 4.69) is 0 Å². The molecule has 39 heavy (non-hydrogen) atoms. The van der Waals surface area contributed by atoms with Gasteiger partial charge in [0.05, 0.1) is 27.4 Å². The van der Waals surface area contributed by atoms with Gasteiger partial charge in [0.2, 0.25) is 0 Å². The summed E-state index contributed by atoms with van der Waals surface area (Å²) in [5, 5.41) is 40.2. The first-order chi connectivity index (χ1) is 18.7. The minimum atomic E-state index is -0.558. The van der Waals surface area contributed by atoms with Gasteiger partial charge in [-0.3, -0.25) is 4.79 Å². The second-order valence-corrected chi connectivity index (χ2v) is 8.91. The fraction of sp³-hybridized carbons (Fsp3) is 0.276. The van der Waals surface area contributed by atoms with Gasteiger partial charge in [-0.25, -0.2) is 0 Å². The Hall–Kier alpha value is -4.41. The van der Waals surface area contributed by atoms with E-state index in [0.717, 1.165) is 6.07 Å². The minimum absolute atomic E-state index is 0.0126. The van der Waals surface area contributed by atoms with Crippen LogP contribution in [0.4, 0.5) is 0 Å². The van der Waals surface area contributed by atoms with Gasteiger partial charge in [0.1, 0.15) is 39.7 Å². The Morgan fingerprint density at radius 1 is 0.821 bits per heavy atom. The van der Waals surface area contributed by atoms with Crippen molar-refractivity contribution in [2.75, 3.05) is 35.0 Å². The van der Waals surface area contributed by atoms with Gasteiger partial charge >= 0.3 is 0 Å². The SMILES string of the molecule is COc1cc(C(OC)[C@@H](CO)Cc2c(OC)cc(-c3cc(=O)c4c(O)cc(O)cc4o3)cc2OC)ccc1O. The number of aliphatic hydroxyl groups excluding tert-OH is 1. The summed E-state index contributed by atoms with van der Waals surface area (Å²) >= 11 is 0. The average molecular weight is 539 g/mol. The van der Waals surface area contributed by atoms with E-state index in [0.29, 0.717) is 28.2 Å². The van der Waals surface area contributed by atoms with Crippen LogP contribution in [0.3, 0.4) is 0 Å². The highest BCUT2D eigenvalue weighted by molar-refractivity contribution is 5.86. The number of aliphatic hydroxyl groups is 1. The summed E-state index contributed by atoms with van der Waals surface area (Å²) in [6.45, 7) is -0.234. The summed E-state index contributed by atoms with van der Waals surface area (Å²) in [6, 6.07) is 11.8. The molecule has 0 spiro atoms. The predicted molar refractivity (Wildman–Crippen MR) is 143 cm³/mol. The minimum Gasteiger partial charge on any atom is -0.508 e. The molecular formula is C29H30O10. The van der Waals surface area contributed by atoms with Crippen molar-refractivity contribution >= 4 is 11.0 Å². The van der Waals surface area contributed by atoms with Crippen LogP contribution in [0.25, 0.3) is 22.3 Å². The molecular weight excluding hydrogens is 508 g/mol. The number of benzene rings is 3. The Kier molecular flexibility index (Phi) is 8.18. The fourth-order valence-corrected chi connectivity index (χ4v) is 4.73. The lowest BCUT2D eigenvalue weighted by Gasteiger charge is -2.27. The third-order valence-corrected chi connectivity index (χ3v) is 6.60. The number of aromatic hydroxyl groups is 3. The monoisotopic (exact) mass is 538 g/mol. The molecule has 0 aliphatic carbocycles. The van der Waals surface area contributed by atoms with E-state index in [4.69, 9.17) is 23.4 Å². The highest BCUT2D eigenvalue weighted by atomic mass is 16.5. The molecule has 0 saturated heterocycles. The molecule has 10 nitrogen and oxygen atoms in total. The molecule has 0 radical (unpaired) electrons. The van der Waals surface area contributed by atoms with Crippen molar-refractivity contribution in [1.29, 1.82) is 0 Å². The first-order valence-corrected chi connectivity index (χ1v) is 12.0. The molecule has 10 heteroatoms. The topological polar surface area (TPSA) is 148 Å². The molecule has 2 atom stereocenters. The highest BCUT2D eigenvalue weighted by Crippen LogP contribution is 2.41. The van der Waals surface area contributed by atoms with Gasteiger partial charge in [0.15, 0.2) is 16.9 Å². The Bertz CT molecular complexity index is 1520. The molecule has 0 aliphatic heterocycles. The predicted octanol–water partition coefficient (Wildman–Crippen LogP) is 4.14. The van der Waals surface area contributed by atoms with Crippen LogP contribution in [-0.4, -0.2) is 55.5 Å². The van der Waals surface area contributed by atoms with Gasteiger partial charge in [-0.15, -0.1) is 0 Å². The Labute approximate surface area is 224 Å². The summed E-state index contributed by atoms with van der Waals surface area (Å²) in [6.07, 6.45) is -0.272. The lowest BCUT2D eigenvalue weighted by Crippen LogP contribution is -2.22. The van der Waals surface area contributed by atoms with Gasteiger partial charge in [-0.1, -0.05) is 6.07 Å². The van der Waals surface area contributed by atoms with Crippen molar-refractivity contribution in [3.8, 4) is 45.8 Å². The number of hydrogen-bond donors (Lipinski definition) is 4. The summed E-state index contributed by atoms with van der Waals surface area (Å²) < 4.78 is 28.2. The Morgan fingerprint density at radius 2 is 1.49 bits per heavy atom. The number of fused-ring (bicyclic) bond motifs is 1. The average Bonchev–Trinajstić information content (AvgIpc) is 2.92. The van der Waals surface area contributed by atoms with Crippen molar-refractivity contribution in [2.45, 2.75) is 12.5 Å². The number of rotatable bonds is 10. The number of hydrogen-bond acceptors (Lipinski definition) is 10. The second-order valence-electron chi connectivity index (χ2n) is 8.91.